The van der Waals surface area contributed by atoms with E-state index in [9.17, 15) is 0 Å². The molecule has 78 valence electrons. The van der Waals surface area contributed by atoms with Crippen LogP contribution in [0.25, 0.3) is 11.3 Å². The number of thiazole rings is 1. The minimum Gasteiger partial charge on any atom is -0.241 e. The SMILES string of the molecule is Cc1nc(-c2ccccc2)c(CCCl)s1. The van der Waals surface area contributed by atoms with Gasteiger partial charge in [0.05, 0.1) is 10.7 Å². The number of hydrogen-bond acceptors (Lipinski definition) is 2. The Bertz CT molecular complexity index is 436. The molecule has 0 fully saturated rings. The average molecular weight is 238 g/mol. The van der Waals surface area contributed by atoms with Crippen LogP contribution >= 0.6 is 22.9 Å². The van der Waals surface area contributed by atoms with Crippen molar-refractivity contribution in [3.63, 3.8) is 0 Å². The van der Waals surface area contributed by atoms with E-state index in [1.807, 2.05) is 25.1 Å². The van der Waals surface area contributed by atoms with Crippen molar-refractivity contribution in [1.29, 1.82) is 0 Å². The van der Waals surface area contributed by atoms with Crippen molar-refractivity contribution in [2.45, 2.75) is 13.3 Å². The molecule has 0 saturated carbocycles. The fraction of sp³-hybridized carbons (Fsp3) is 0.250. The number of aryl methyl sites for hydroxylation is 2. The van der Waals surface area contributed by atoms with E-state index in [2.05, 4.69) is 17.1 Å². The molecule has 3 heteroatoms. The first kappa shape index (κ1) is 10.7. The van der Waals surface area contributed by atoms with Crippen molar-refractivity contribution < 1.29 is 0 Å². The third kappa shape index (κ3) is 2.39. The topological polar surface area (TPSA) is 12.9 Å². The van der Waals surface area contributed by atoms with Gasteiger partial charge in [0.15, 0.2) is 0 Å². The molecule has 1 heterocycles. The van der Waals surface area contributed by atoms with Crippen molar-refractivity contribution in [3.8, 4) is 11.3 Å². The molecular formula is C12H12ClNS. The van der Waals surface area contributed by atoms with Crippen LogP contribution in [0.1, 0.15) is 9.88 Å². The van der Waals surface area contributed by atoms with Gasteiger partial charge in [-0.15, -0.1) is 22.9 Å². The molecule has 15 heavy (non-hydrogen) atoms. The summed E-state index contributed by atoms with van der Waals surface area (Å²) >= 11 is 7.52. The minimum absolute atomic E-state index is 0.654. The van der Waals surface area contributed by atoms with Crippen molar-refractivity contribution in [2.75, 3.05) is 5.88 Å². The molecule has 2 rings (SSSR count). The van der Waals surface area contributed by atoms with Gasteiger partial charge >= 0.3 is 0 Å². The highest BCUT2D eigenvalue weighted by molar-refractivity contribution is 7.12. The molecule has 0 aliphatic heterocycles. The summed E-state index contributed by atoms with van der Waals surface area (Å²) in [5.41, 5.74) is 2.28. The number of benzene rings is 1. The third-order valence-electron chi connectivity index (χ3n) is 2.17. The molecule has 0 atom stereocenters. The van der Waals surface area contributed by atoms with E-state index >= 15 is 0 Å². The summed E-state index contributed by atoms with van der Waals surface area (Å²) in [5, 5.41) is 1.11. The van der Waals surface area contributed by atoms with Crippen LogP contribution in [0.15, 0.2) is 30.3 Å². The van der Waals surface area contributed by atoms with Crippen LogP contribution in [-0.4, -0.2) is 10.9 Å². The Morgan fingerprint density at radius 3 is 2.67 bits per heavy atom. The Balaban J connectivity index is 2.43. The van der Waals surface area contributed by atoms with Gasteiger partial charge in [-0.1, -0.05) is 30.3 Å². The molecule has 2 aromatic rings. The van der Waals surface area contributed by atoms with E-state index in [1.54, 1.807) is 11.3 Å². The quantitative estimate of drug-likeness (QED) is 0.738. The zero-order valence-corrected chi connectivity index (χ0v) is 10.1. The number of rotatable bonds is 3. The predicted octanol–water partition coefficient (Wildman–Crippen LogP) is 3.90. The minimum atomic E-state index is 0.654. The van der Waals surface area contributed by atoms with Crippen LogP contribution < -0.4 is 0 Å². The van der Waals surface area contributed by atoms with Gasteiger partial charge in [0, 0.05) is 16.3 Å². The molecule has 0 radical (unpaired) electrons. The Kier molecular flexibility index (Phi) is 3.39. The summed E-state index contributed by atoms with van der Waals surface area (Å²) in [4.78, 5) is 5.85. The van der Waals surface area contributed by atoms with Crippen LogP contribution in [0.3, 0.4) is 0 Å². The Labute approximate surface area is 98.7 Å². The fourth-order valence-electron chi connectivity index (χ4n) is 1.55. The molecule has 1 aromatic heterocycles. The second-order valence-corrected chi connectivity index (χ2v) is 4.98. The van der Waals surface area contributed by atoms with Crippen molar-refractivity contribution >= 4 is 22.9 Å². The summed E-state index contributed by atoms with van der Waals surface area (Å²) in [5.74, 6) is 0.654. The van der Waals surface area contributed by atoms with Gasteiger partial charge in [0.1, 0.15) is 0 Å². The van der Waals surface area contributed by atoms with Crippen molar-refractivity contribution in [3.05, 3.63) is 40.2 Å². The van der Waals surface area contributed by atoms with Gasteiger partial charge < -0.3 is 0 Å². The van der Waals surface area contributed by atoms with E-state index in [0.717, 1.165) is 17.1 Å². The maximum atomic E-state index is 5.78. The first-order chi connectivity index (χ1) is 7.31. The molecule has 0 bridgehead atoms. The molecule has 0 N–H and O–H groups in total. The van der Waals surface area contributed by atoms with Crippen LogP contribution in [0.4, 0.5) is 0 Å². The highest BCUT2D eigenvalue weighted by atomic mass is 35.5. The molecular weight excluding hydrogens is 226 g/mol. The summed E-state index contributed by atoms with van der Waals surface area (Å²) in [6, 6.07) is 10.3. The predicted molar refractivity (Wildman–Crippen MR) is 66.7 cm³/mol. The van der Waals surface area contributed by atoms with Crippen LogP contribution in [-0.2, 0) is 6.42 Å². The standard InChI is InChI=1S/C12H12ClNS/c1-9-14-12(11(15-9)7-8-13)10-5-3-2-4-6-10/h2-6H,7-8H2,1H3. The molecule has 0 aliphatic rings. The summed E-state index contributed by atoms with van der Waals surface area (Å²) < 4.78 is 0. The van der Waals surface area contributed by atoms with E-state index in [4.69, 9.17) is 11.6 Å². The van der Waals surface area contributed by atoms with Crippen LogP contribution in [0.2, 0.25) is 0 Å². The first-order valence-electron chi connectivity index (χ1n) is 4.89. The summed E-state index contributed by atoms with van der Waals surface area (Å²) in [6.45, 7) is 2.04. The first-order valence-corrected chi connectivity index (χ1v) is 6.24. The van der Waals surface area contributed by atoms with Crippen molar-refractivity contribution in [1.82, 2.24) is 4.98 Å². The molecule has 0 aliphatic carbocycles. The number of nitrogens with zero attached hydrogens (tertiary/aromatic N) is 1. The lowest BCUT2D eigenvalue weighted by Gasteiger charge is -1.99. The van der Waals surface area contributed by atoms with Gasteiger partial charge in [-0.25, -0.2) is 4.98 Å². The lowest BCUT2D eigenvalue weighted by Crippen LogP contribution is -1.86. The van der Waals surface area contributed by atoms with Gasteiger partial charge in [0.2, 0.25) is 0 Å². The second kappa shape index (κ2) is 4.77. The van der Waals surface area contributed by atoms with E-state index in [0.29, 0.717) is 5.88 Å². The van der Waals surface area contributed by atoms with Gasteiger partial charge in [-0.3, -0.25) is 0 Å². The molecule has 1 aromatic carbocycles. The van der Waals surface area contributed by atoms with Crippen molar-refractivity contribution in [2.24, 2.45) is 0 Å². The summed E-state index contributed by atoms with van der Waals surface area (Å²) in [6.07, 6.45) is 0.900. The molecule has 0 spiro atoms. The number of aromatic nitrogens is 1. The Morgan fingerprint density at radius 1 is 1.27 bits per heavy atom. The molecule has 0 saturated heterocycles. The van der Waals surface area contributed by atoms with Crippen LogP contribution in [0, 0.1) is 6.92 Å². The third-order valence-corrected chi connectivity index (χ3v) is 3.39. The molecule has 0 unspecified atom stereocenters. The van der Waals surface area contributed by atoms with Gasteiger partial charge in [-0.05, 0) is 13.3 Å². The largest absolute Gasteiger partial charge is 0.241 e. The average Bonchev–Trinajstić information content (AvgIpc) is 2.62. The number of alkyl halides is 1. The van der Waals surface area contributed by atoms with E-state index in [-0.39, 0.29) is 0 Å². The smallest absolute Gasteiger partial charge is 0.0904 e. The highest BCUT2D eigenvalue weighted by Crippen LogP contribution is 2.28. The van der Waals surface area contributed by atoms with Crippen LogP contribution in [0.5, 0.6) is 0 Å². The normalized spacial score (nSPS) is 10.5. The zero-order valence-electron chi connectivity index (χ0n) is 8.53. The summed E-state index contributed by atoms with van der Waals surface area (Å²) in [7, 11) is 0. The second-order valence-electron chi connectivity index (χ2n) is 3.31. The highest BCUT2D eigenvalue weighted by Gasteiger charge is 2.09. The number of halogens is 1. The fourth-order valence-corrected chi connectivity index (χ4v) is 2.80. The lowest BCUT2D eigenvalue weighted by atomic mass is 10.1. The Morgan fingerprint density at radius 2 is 2.00 bits per heavy atom. The Hall–Kier alpha value is -0.860. The van der Waals surface area contributed by atoms with Gasteiger partial charge in [-0.2, -0.15) is 0 Å². The van der Waals surface area contributed by atoms with E-state index < -0.39 is 0 Å². The maximum absolute atomic E-state index is 5.78. The number of hydrogen-bond donors (Lipinski definition) is 0. The molecule has 1 nitrogen and oxygen atoms in total. The maximum Gasteiger partial charge on any atom is 0.0904 e. The lowest BCUT2D eigenvalue weighted by molar-refractivity contribution is 1.17. The molecule has 0 amide bonds. The zero-order chi connectivity index (χ0) is 10.7. The van der Waals surface area contributed by atoms with Gasteiger partial charge in [0.25, 0.3) is 0 Å². The van der Waals surface area contributed by atoms with E-state index in [1.165, 1.54) is 10.4 Å². The monoisotopic (exact) mass is 237 g/mol.